The smallest absolute Gasteiger partial charge is 0.258 e. The van der Waals surface area contributed by atoms with Crippen molar-refractivity contribution in [1.29, 1.82) is 0 Å². The SMILES string of the molecule is Cc1cc(OCC(=O)NC2CCNCC2)cc(C)c1Cl. The van der Waals surface area contributed by atoms with Crippen LogP contribution in [-0.2, 0) is 4.79 Å². The Morgan fingerprint density at radius 1 is 1.35 bits per heavy atom. The second-order valence-corrected chi connectivity index (χ2v) is 5.63. The van der Waals surface area contributed by atoms with E-state index < -0.39 is 0 Å². The molecule has 1 aromatic rings. The lowest BCUT2D eigenvalue weighted by Gasteiger charge is -2.23. The second kappa shape index (κ2) is 6.95. The van der Waals surface area contributed by atoms with Gasteiger partial charge in [-0.05, 0) is 63.0 Å². The Morgan fingerprint density at radius 3 is 2.55 bits per heavy atom. The highest BCUT2D eigenvalue weighted by Gasteiger charge is 2.15. The van der Waals surface area contributed by atoms with Crippen molar-refractivity contribution in [3.05, 3.63) is 28.3 Å². The van der Waals surface area contributed by atoms with Crippen molar-refractivity contribution in [3.63, 3.8) is 0 Å². The van der Waals surface area contributed by atoms with Crippen molar-refractivity contribution in [2.24, 2.45) is 0 Å². The molecule has 1 fully saturated rings. The van der Waals surface area contributed by atoms with Gasteiger partial charge in [0, 0.05) is 11.1 Å². The Labute approximate surface area is 124 Å². The Morgan fingerprint density at radius 2 is 1.95 bits per heavy atom. The number of hydrogen-bond acceptors (Lipinski definition) is 3. The van der Waals surface area contributed by atoms with Crippen molar-refractivity contribution >= 4 is 17.5 Å². The van der Waals surface area contributed by atoms with Crippen LogP contribution in [-0.4, -0.2) is 31.6 Å². The Hall–Kier alpha value is -1.26. The van der Waals surface area contributed by atoms with E-state index in [9.17, 15) is 4.79 Å². The predicted molar refractivity (Wildman–Crippen MR) is 80.5 cm³/mol. The summed E-state index contributed by atoms with van der Waals surface area (Å²) >= 11 is 6.10. The third kappa shape index (κ3) is 4.12. The number of halogens is 1. The van der Waals surface area contributed by atoms with Crippen LogP contribution in [0.15, 0.2) is 12.1 Å². The van der Waals surface area contributed by atoms with E-state index in [0.29, 0.717) is 5.75 Å². The van der Waals surface area contributed by atoms with Gasteiger partial charge in [0.25, 0.3) is 5.91 Å². The number of ether oxygens (including phenoxy) is 1. The summed E-state index contributed by atoms with van der Waals surface area (Å²) in [7, 11) is 0. The van der Waals surface area contributed by atoms with Gasteiger partial charge in [0.15, 0.2) is 6.61 Å². The number of piperidine rings is 1. The van der Waals surface area contributed by atoms with Gasteiger partial charge in [-0.15, -0.1) is 0 Å². The van der Waals surface area contributed by atoms with E-state index >= 15 is 0 Å². The molecular formula is C15H21ClN2O2. The molecule has 2 rings (SSSR count). The average Bonchev–Trinajstić information content (AvgIpc) is 2.43. The maximum atomic E-state index is 11.8. The lowest BCUT2D eigenvalue weighted by atomic mass is 10.1. The van der Waals surface area contributed by atoms with Crippen LogP contribution in [0.1, 0.15) is 24.0 Å². The highest BCUT2D eigenvalue weighted by atomic mass is 35.5. The van der Waals surface area contributed by atoms with Crippen molar-refractivity contribution in [2.45, 2.75) is 32.7 Å². The number of hydrogen-bond donors (Lipinski definition) is 2. The minimum absolute atomic E-state index is 0.0461. The molecule has 0 saturated carbocycles. The highest BCUT2D eigenvalue weighted by molar-refractivity contribution is 6.32. The molecular weight excluding hydrogens is 276 g/mol. The number of carbonyl (C=O) groups excluding carboxylic acids is 1. The summed E-state index contributed by atoms with van der Waals surface area (Å²) in [5.74, 6) is 0.618. The standard InChI is InChI=1S/C15H21ClN2O2/c1-10-7-13(8-11(2)15(10)16)20-9-14(19)18-12-3-5-17-6-4-12/h7-8,12,17H,3-6,9H2,1-2H3,(H,18,19). The van der Waals surface area contributed by atoms with Gasteiger partial charge in [-0.3, -0.25) is 4.79 Å². The number of amides is 1. The minimum Gasteiger partial charge on any atom is -0.484 e. The van der Waals surface area contributed by atoms with E-state index in [-0.39, 0.29) is 18.6 Å². The molecule has 4 nitrogen and oxygen atoms in total. The molecule has 0 aliphatic carbocycles. The normalized spacial score (nSPS) is 15.9. The van der Waals surface area contributed by atoms with Gasteiger partial charge in [-0.1, -0.05) is 11.6 Å². The summed E-state index contributed by atoms with van der Waals surface area (Å²) in [4.78, 5) is 11.8. The molecule has 1 saturated heterocycles. The topological polar surface area (TPSA) is 50.4 Å². The van der Waals surface area contributed by atoms with Crippen LogP contribution in [0.25, 0.3) is 0 Å². The van der Waals surface area contributed by atoms with E-state index in [0.717, 1.165) is 42.1 Å². The summed E-state index contributed by atoms with van der Waals surface area (Å²) in [6.45, 7) is 5.82. The lowest BCUT2D eigenvalue weighted by molar-refractivity contribution is -0.123. The first kappa shape index (κ1) is 15.1. The molecule has 2 N–H and O–H groups in total. The Balaban J connectivity index is 1.83. The zero-order valence-corrected chi connectivity index (χ0v) is 12.7. The monoisotopic (exact) mass is 296 g/mol. The van der Waals surface area contributed by atoms with Crippen LogP contribution < -0.4 is 15.4 Å². The Bertz CT molecular complexity index is 462. The molecule has 0 spiro atoms. The molecule has 1 aliphatic rings. The number of aryl methyl sites for hydroxylation is 2. The maximum absolute atomic E-state index is 11.8. The summed E-state index contributed by atoms with van der Waals surface area (Å²) in [6, 6.07) is 3.97. The van der Waals surface area contributed by atoms with E-state index in [1.807, 2.05) is 26.0 Å². The van der Waals surface area contributed by atoms with Gasteiger partial charge >= 0.3 is 0 Å². The third-order valence-electron chi connectivity index (χ3n) is 3.48. The van der Waals surface area contributed by atoms with Crippen LogP contribution in [0.2, 0.25) is 5.02 Å². The molecule has 110 valence electrons. The highest BCUT2D eigenvalue weighted by Crippen LogP contribution is 2.25. The first-order valence-electron chi connectivity index (χ1n) is 6.96. The van der Waals surface area contributed by atoms with Crippen LogP contribution in [0.3, 0.4) is 0 Å². The minimum atomic E-state index is -0.0674. The zero-order valence-electron chi connectivity index (χ0n) is 12.0. The van der Waals surface area contributed by atoms with E-state index in [4.69, 9.17) is 16.3 Å². The predicted octanol–water partition coefficient (Wildman–Crippen LogP) is 2.20. The van der Waals surface area contributed by atoms with Crippen LogP contribution in [0, 0.1) is 13.8 Å². The Kier molecular flexibility index (Phi) is 5.26. The fourth-order valence-corrected chi connectivity index (χ4v) is 2.48. The van der Waals surface area contributed by atoms with Gasteiger partial charge in [0.1, 0.15) is 5.75 Å². The molecule has 1 aliphatic heterocycles. The van der Waals surface area contributed by atoms with Gasteiger partial charge < -0.3 is 15.4 Å². The summed E-state index contributed by atoms with van der Waals surface area (Å²) in [5, 5.41) is 7.01. The summed E-state index contributed by atoms with van der Waals surface area (Å²) in [5.41, 5.74) is 1.92. The first-order valence-corrected chi connectivity index (χ1v) is 7.33. The molecule has 1 aromatic carbocycles. The van der Waals surface area contributed by atoms with Crippen LogP contribution >= 0.6 is 11.6 Å². The molecule has 0 bridgehead atoms. The van der Waals surface area contributed by atoms with Gasteiger partial charge in [-0.2, -0.15) is 0 Å². The van der Waals surface area contributed by atoms with E-state index in [1.165, 1.54) is 0 Å². The second-order valence-electron chi connectivity index (χ2n) is 5.25. The van der Waals surface area contributed by atoms with Crippen LogP contribution in [0.5, 0.6) is 5.75 Å². The quantitative estimate of drug-likeness (QED) is 0.895. The molecule has 0 aromatic heterocycles. The number of benzene rings is 1. The molecule has 0 unspecified atom stereocenters. The molecule has 0 radical (unpaired) electrons. The van der Waals surface area contributed by atoms with Crippen LogP contribution in [0.4, 0.5) is 0 Å². The number of nitrogens with one attached hydrogen (secondary N) is 2. The molecule has 5 heteroatoms. The fraction of sp³-hybridized carbons (Fsp3) is 0.533. The molecule has 20 heavy (non-hydrogen) atoms. The van der Waals surface area contributed by atoms with Crippen molar-refractivity contribution in [2.75, 3.05) is 19.7 Å². The largest absolute Gasteiger partial charge is 0.484 e. The van der Waals surface area contributed by atoms with Crippen molar-refractivity contribution < 1.29 is 9.53 Å². The fourth-order valence-electron chi connectivity index (χ4n) is 2.37. The van der Waals surface area contributed by atoms with Crippen molar-refractivity contribution in [1.82, 2.24) is 10.6 Å². The maximum Gasteiger partial charge on any atom is 0.258 e. The molecule has 0 atom stereocenters. The first-order chi connectivity index (χ1) is 9.56. The van der Waals surface area contributed by atoms with Gasteiger partial charge in [0.05, 0.1) is 0 Å². The van der Waals surface area contributed by atoms with Gasteiger partial charge in [0.2, 0.25) is 0 Å². The number of rotatable bonds is 4. The van der Waals surface area contributed by atoms with Gasteiger partial charge in [-0.25, -0.2) is 0 Å². The third-order valence-corrected chi connectivity index (χ3v) is 4.08. The molecule has 1 amide bonds. The zero-order chi connectivity index (χ0) is 14.5. The lowest BCUT2D eigenvalue weighted by Crippen LogP contribution is -2.44. The van der Waals surface area contributed by atoms with Crippen molar-refractivity contribution in [3.8, 4) is 5.75 Å². The van der Waals surface area contributed by atoms with E-state index in [1.54, 1.807) is 0 Å². The average molecular weight is 297 g/mol. The summed E-state index contributed by atoms with van der Waals surface area (Å²) < 4.78 is 5.54. The number of carbonyl (C=O) groups is 1. The molecule has 1 heterocycles. The van der Waals surface area contributed by atoms with E-state index in [2.05, 4.69) is 10.6 Å². The summed E-state index contributed by atoms with van der Waals surface area (Å²) in [6.07, 6.45) is 1.95.